The highest BCUT2D eigenvalue weighted by molar-refractivity contribution is 6.33. The average Bonchev–Trinajstić information content (AvgIpc) is 3.27. The first kappa shape index (κ1) is 51.4. The molecular weight excluding hydrogens is 888 g/mol. The maximum atomic E-state index is 14.7. The van der Waals surface area contributed by atoms with E-state index < -0.39 is 72.2 Å². The van der Waals surface area contributed by atoms with Crippen LogP contribution in [0.2, 0.25) is 5.15 Å². The SMILES string of the molecule is C[C@@H]1NC(=O)[C@@H](N(C)C(=O)[C@H](CCN)NC(=O)c2c(N)nc(-c3ccc(C(C)(C)C)cc3)nc2Cl)c2cc(OC[C@H](O)CN)c(O)c(c2)-c2cc(ccc2OCCCN)C[C@@H](C(=O)O)NC1=O. The predicted molar refractivity (Wildman–Crippen MR) is 250 cm³/mol. The van der Waals surface area contributed by atoms with Crippen molar-refractivity contribution < 1.29 is 48.8 Å². The van der Waals surface area contributed by atoms with E-state index in [4.69, 9.17) is 44.0 Å². The number of carbonyl (C=O) groups is 5. The summed E-state index contributed by atoms with van der Waals surface area (Å²) in [6, 6.07) is 8.95. The summed E-state index contributed by atoms with van der Waals surface area (Å²) < 4.78 is 11.9. The summed E-state index contributed by atoms with van der Waals surface area (Å²) in [6.07, 6.45) is -1.10. The minimum absolute atomic E-state index is 0.0181. The number of fused-ring (bicyclic) bond motifs is 5. The van der Waals surface area contributed by atoms with Crippen LogP contribution >= 0.6 is 11.6 Å². The van der Waals surface area contributed by atoms with Gasteiger partial charge in [-0.25, -0.2) is 14.8 Å². The second-order valence-corrected chi connectivity index (χ2v) is 17.5. The van der Waals surface area contributed by atoms with Crippen LogP contribution in [0.25, 0.3) is 22.5 Å². The Morgan fingerprint density at radius 1 is 0.955 bits per heavy atom. The number of likely N-dealkylation sites (N-methyl/N-ethyl adjacent to an activating group) is 1. The fourth-order valence-electron chi connectivity index (χ4n) is 7.24. The molecule has 2 heterocycles. The van der Waals surface area contributed by atoms with Crippen molar-refractivity contribution in [3.8, 4) is 39.8 Å². The Labute approximate surface area is 392 Å². The van der Waals surface area contributed by atoms with E-state index in [1.54, 1.807) is 18.2 Å². The van der Waals surface area contributed by atoms with E-state index in [0.29, 0.717) is 24.1 Å². The number of aliphatic hydroxyl groups is 1. The lowest BCUT2D eigenvalue weighted by Gasteiger charge is -2.33. The summed E-state index contributed by atoms with van der Waals surface area (Å²) >= 11 is 6.58. The largest absolute Gasteiger partial charge is 0.504 e. The number of phenolic OH excluding ortho intramolecular Hbond substituents is 1. The number of carboxylic acid groups (broad SMARTS) is 1. The summed E-state index contributed by atoms with van der Waals surface area (Å²) in [7, 11) is 1.27. The Morgan fingerprint density at radius 2 is 1.66 bits per heavy atom. The molecule has 0 fully saturated rings. The van der Waals surface area contributed by atoms with Crippen LogP contribution in [0.1, 0.15) is 73.6 Å². The van der Waals surface area contributed by atoms with Gasteiger partial charge < -0.3 is 68.6 Å². The van der Waals surface area contributed by atoms with Crippen molar-refractivity contribution in [3.63, 3.8) is 0 Å². The highest BCUT2D eigenvalue weighted by atomic mass is 35.5. The highest BCUT2D eigenvalue weighted by Gasteiger charge is 2.37. The zero-order valence-corrected chi connectivity index (χ0v) is 38.7. The van der Waals surface area contributed by atoms with Gasteiger partial charge in [-0.05, 0) is 79.2 Å². The van der Waals surface area contributed by atoms with E-state index in [2.05, 4.69) is 46.7 Å². The van der Waals surface area contributed by atoms with E-state index in [-0.39, 0.29) is 88.5 Å². The number of hydrogen-bond acceptors (Lipinski definition) is 15. The number of phenols is 1. The number of hydrogen-bond donors (Lipinski definition) is 10. The number of halogens is 1. The summed E-state index contributed by atoms with van der Waals surface area (Å²) in [6.45, 7) is 7.26. The van der Waals surface area contributed by atoms with Gasteiger partial charge in [0.15, 0.2) is 17.3 Å². The third-order valence-electron chi connectivity index (χ3n) is 11.0. The van der Waals surface area contributed by atoms with Crippen LogP contribution in [-0.2, 0) is 31.0 Å². The van der Waals surface area contributed by atoms with Crippen molar-refractivity contribution in [1.82, 2.24) is 30.8 Å². The first-order valence-electron chi connectivity index (χ1n) is 21.6. The number of aromatic hydroxyl groups is 1. The number of benzene rings is 3. The van der Waals surface area contributed by atoms with Crippen LogP contribution in [0, 0.1) is 0 Å². The standard InChI is InChI=1S/C46H59ClN10O10/c1-23-41(60)54-32(45(64)65)18-24-7-12-33(66-16-6-14-48)29(17-24)30-19-26(20-34(37(30)59)67-22-28(58)21-50)36(43(62)52-23)57(5)44(63)31(13-15-49)53-42(61)35-38(47)55-40(56-39(35)51)25-8-10-27(11-9-25)46(2,3)4/h7-12,17,19-20,23,28,31-32,36,58-59H,6,13-16,18,21-22,48-50H2,1-5H3,(H,52,62)(H,53,61)(H,54,60)(H,64,65)(H2,51,55,56)/t23-,28+,31-,32-,36-/m0/s1. The maximum absolute atomic E-state index is 14.7. The number of aliphatic hydroxyl groups excluding tert-OH is 1. The predicted octanol–water partition coefficient (Wildman–Crippen LogP) is 1.75. The molecular formula is C46H59ClN10O10. The van der Waals surface area contributed by atoms with Crippen molar-refractivity contribution in [2.45, 2.75) is 82.6 Å². The molecule has 4 aromatic rings. The van der Waals surface area contributed by atoms with E-state index >= 15 is 0 Å². The fourth-order valence-corrected chi connectivity index (χ4v) is 7.50. The van der Waals surface area contributed by atoms with Crippen LogP contribution in [0.15, 0.2) is 54.6 Å². The molecule has 0 unspecified atom stereocenters. The number of amides is 4. The molecule has 4 bridgehead atoms. The molecule has 3 aromatic carbocycles. The first-order chi connectivity index (χ1) is 31.7. The molecule has 1 aliphatic heterocycles. The van der Waals surface area contributed by atoms with Crippen molar-refractivity contribution in [2.24, 2.45) is 17.2 Å². The molecule has 0 spiro atoms. The van der Waals surface area contributed by atoms with Gasteiger partial charge in [-0.3, -0.25) is 19.2 Å². The number of rotatable bonds is 16. The monoisotopic (exact) mass is 946 g/mol. The molecule has 360 valence electrons. The Balaban J connectivity index is 1.62. The van der Waals surface area contributed by atoms with Crippen molar-refractivity contribution in [2.75, 3.05) is 45.6 Å². The molecule has 5 rings (SSSR count). The second-order valence-electron chi connectivity index (χ2n) is 17.2. The van der Waals surface area contributed by atoms with Crippen molar-refractivity contribution in [1.29, 1.82) is 0 Å². The number of nitrogens with zero attached hydrogens (tertiary/aromatic N) is 3. The Bertz CT molecular complexity index is 2440. The fraction of sp³-hybridized carbons (Fsp3) is 0.413. The summed E-state index contributed by atoms with van der Waals surface area (Å²) in [5.74, 6) is -5.54. The van der Waals surface area contributed by atoms with Gasteiger partial charge in [-0.15, -0.1) is 0 Å². The van der Waals surface area contributed by atoms with Crippen LogP contribution in [0.3, 0.4) is 0 Å². The summed E-state index contributed by atoms with van der Waals surface area (Å²) in [4.78, 5) is 78.9. The first-order valence-corrected chi connectivity index (χ1v) is 22.0. The molecule has 0 radical (unpaired) electrons. The van der Waals surface area contributed by atoms with Gasteiger partial charge in [0.25, 0.3) is 5.91 Å². The average molecular weight is 947 g/mol. The zero-order chi connectivity index (χ0) is 49.3. The number of anilines is 1. The number of aliphatic carboxylic acids is 1. The normalized spacial score (nSPS) is 17.3. The third kappa shape index (κ3) is 12.5. The van der Waals surface area contributed by atoms with Crippen LogP contribution in [0.4, 0.5) is 5.82 Å². The molecule has 0 saturated carbocycles. The molecule has 14 N–H and O–H groups in total. The Kier molecular flexibility index (Phi) is 17.1. The lowest BCUT2D eigenvalue weighted by Crippen LogP contribution is -2.55. The van der Waals surface area contributed by atoms with Gasteiger partial charge in [-0.2, -0.15) is 0 Å². The topological polar surface area (TPSA) is 334 Å². The van der Waals surface area contributed by atoms with Gasteiger partial charge >= 0.3 is 5.97 Å². The molecule has 67 heavy (non-hydrogen) atoms. The lowest BCUT2D eigenvalue weighted by molar-refractivity contribution is -0.143. The van der Waals surface area contributed by atoms with Gasteiger partial charge in [-0.1, -0.05) is 62.7 Å². The Morgan fingerprint density at radius 3 is 2.27 bits per heavy atom. The van der Waals surface area contributed by atoms with Crippen molar-refractivity contribution in [3.05, 3.63) is 82.0 Å². The van der Waals surface area contributed by atoms with Gasteiger partial charge in [0.1, 0.15) is 59.2 Å². The lowest BCUT2D eigenvalue weighted by atomic mass is 9.87. The third-order valence-corrected chi connectivity index (χ3v) is 11.3. The maximum Gasteiger partial charge on any atom is 0.326 e. The number of carbonyl (C=O) groups excluding carboxylic acids is 4. The molecule has 0 aliphatic carbocycles. The zero-order valence-electron chi connectivity index (χ0n) is 38.0. The molecule has 5 atom stereocenters. The number of nitrogens with two attached hydrogens (primary N) is 4. The molecule has 0 saturated heterocycles. The van der Waals surface area contributed by atoms with Gasteiger partial charge in [0.05, 0.1) is 6.61 Å². The summed E-state index contributed by atoms with van der Waals surface area (Å²) in [5, 5.41) is 39.7. The smallest absolute Gasteiger partial charge is 0.326 e. The highest BCUT2D eigenvalue weighted by Crippen LogP contribution is 2.45. The van der Waals surface area contributed by atoms with Crippen LogP contribution < -0.4 is 48.4 Å². The molecule has 4 amide bonds. The van der Waals surface area contributed by atoms with E-state index in [0.717, 1.165) is 10.5 Å². The molecule has 21 heteroatoms. The van der Waals surface area contributed by atoms with E-state index in [1.165, 1.54) is 26.1 Å². The van der Waals surface area contributed by atoms with E-state index in [1.807, 2.05) is 24.3 Å². The molecule has 1 aromatic heterocycles. The minimum atomic E-state index is -1.66. The summed E-state index contributed by atoms with van der Waals surface area (Å²) in [5.41, 5.74) is 25.5. The number of ether oxygens (including phenoxy) is 2. The Hall–Kier alpha value is -6.58. The quantitative estimate of drug-likeness (QED) is 0.0565. The number of nitrogen functional groups attached to an aromatic ring is 1. The van der Waals surface area contributed by atoms with Crippen LogP contribution in [-0.4, -0.2) is 124 Å². The minimum Gasteiger partial charge on any atom is -0.504 e. The van der Waals surface area contributed by atoms with Gasteiger partial charge in [0, 0.05) is 36.7 Å². The van der Waals surface area contributed by atoms with E-state index in [9.17, 15) is 39.3 Å². The van der Waals surface area contributed by atoms with Gasteiger partial charge in [0.2, 0.25) is 17.7 Å². The molecule has 1 aliphatic rings. The molecule has 20 nitrogen and oxygen atoms in total. The number of carboxylic acids is 1. The van der Waals surface area contributed by atoms with Crippen molar-refractivity contribution >= 4 is 47.0 Å². The second kappa shape index (κ2) is 22.3. The van der Waals surface area contributed by atoms with Crippen LogP contribution in [0.5, 0.6) is 17.2 Å². The number of aromatic nitrogens is 2. The number of nitrogens with one attached hydrogen (secondary N) is 3.